The Kier molecular flexibility index (Phi) is 11.4. The maximum absolute atomic E-state index is 12.6. The normalized spacial score (nSPS) is 15.5. The number of hydrogen-bond acceptors (Lipinski definition) is 7. The molecule has 0 fully saturated rings. The van der Waals surface area contributed by atoms with Gasteiger partial charge in [-0.2, -0.15) is 30.6 Å². The number of aromatic nitrogens is 2. The van der Waals surface area contributed by atoms with Crippen molar-refractivity contribution >= 4 is 22.0 Å². The Morgan fingerprint density at radius 1 is 0.952 bits per heavy atom. The Hall–Kier alpha value is -4.25. The van der Waals surface area contributed by atoms with Crippen LogP contribution in [-0.2, 0) is 26.0 Å². The first-order valence-corrected chi connectivity index (χ1v) is 13.4. The van der Waals surface area contributed by atoms with Gasteiger partial charge in [-0.3, -0.25) is 4.98 Å². The molecule has 0 spiro atoms. The summed E-state index contributed by atoms with van der Waals surface area (Å²) in [5, 5.41) is 14.2. The largest absolute Gasteiger partial charge is 0.490 e. The van der Waals surface area contributed by atoms with Crippen molar-refractivity contribution in [2.45, 2.75) is 31.2 Å². The van der Waals surface area contributed by atoms with Gasteiger partial charge in [0.25, 0.3) is 0 Å². The standard InChI is InChI=1S/C21H21N3O3S.2C2HF3O2/c1-28(25,26)24-13-5-7-16-6-2-3-9-19(16)21(24)17-10-12-23-20(14-17)27-18-8-4-11-22-15-18;2*3-2(4,5)1(6)7/h2-4,6,8-12,14-15,21H,5,7,13H2,1H3;2*(H,6,7). The molecule has 0 saturated carbocycles. The summed E-state index contributed by atoms with van der Waals surface area (Å²) in [6, 6.07) is 14.8. The van der Waals surface area contributed by atoms with E-state index >= 15 is 0 Å². The Labute approximate surface area is 235 Å². The first-order chi connectivity index (χ1) is 19.4. The maximum atomic E-state index is 12.6. The lowest BCUT2D eigenvalue weighted by molar-refractivity contribution is -0.193. The predicted octanol–water partition coefficient (Wildman–Crippen LogP) is 4.83. The molecule has 1 atom stereocenters. The molecule has 4 rings (SSSR count). The molecule has 2 N–H and O–H groups in total. The third-order valence-electron chi connectivity index (χ3n) is 5.30. The summed E-state index contributed by atoms with van der Waals surface area (Å²) in [6.45, 7) is 0.472. The number of nitrogens with zero attached hydrogens (tertiary/aromatic N) is 3. The van der Waals surface area contributed by atoms with Crippen LogP contribution in [0.25, 0.3) is 0 Å². The fourth-order valence-corrected chi connectivity index (χ4v) is 4.70. The van der Waals surface area contributed by atoms with E-state index in [1.165, 1.54) is 11.8 Å². The second-order valence-corrected chi connectivity index (χ2v) is 10.3. The third kappa shape index (κ3) is 10.3. The van der Waals surface area contributed by atoms with Crippen LogP contribution in [0.4, 0.5) is 26.3 Å². The molecule has 17 heteroatoms. The summed E-state index contributed by atoms with van der Waals surface area (Å²) in [7, 11) is -3.40. The average Bonchev–Trinajstić information content (AvgIpc) is 3.09. The van der Waals surface area contributed by atoms with E-state index in [4.69, 9.17) is 24.5 Å². The Bertz CT molecular complexity index is 1450. The van der Waals surface area contributed by atoms with Gasteiger partial charge in [0.15, 0.2) is 0 Å². The van der Waals surface area contributed by atoms with E-state index in [9.17, 15) is 34.8 Å². The molecule has 1 aromatic carbocycles. The van der Waals surface area contributed by atoms with Gasteiger partial charge in [0.05, 0.1) is 18.5 Å². The minimum Gasteiger partial charge on any atom is -0.475 e. The van der Waals surface area contributed by atoms with Crippen molar-refractivity contribution in [3.63, 3.8) is 0 Å². The van der Waals surface area contributed by atoms with E-state index in [0.29, 0.717) is 18.2 Å². The van der Waals surface area contributed by atoms with Crippen LogP contribution in [0.3, 0.4) is 0 Å². The number of halogens is 6. The lowest BCUT2D eigenvalue weighted by Gasteiger charge is -2.29. The first kappa shape index (κ1) is 34.0. The lowest BCUT2D eigenvalue weighted by Crippen LogP contribution is -2.34. The number of benzene rings is 1. The van der Waals surface area contributed by atoms with Crippen LogP contribution in [0.15, 0.2) is 67.1 Å². The Balaban J connectivity index is 0.000000367. The van der Waals surface area contributed by atoms with Gasteiger partial charge in [-0.1, -0.05) is 24.3 Å². The zero-order valence-corrected chi connectivity index (χ0v) is 22.3. The minimum atomic E-state index is -5.08. The van der Waals surface area contributed by atoms with Gasteiger partial charge >= 0.3 is 24.3 Å². The second kappa shape index (κ2) is 14.1. The second-order valence-electron chi connectivity index (χ2n) is 8.40. The van der Waals surface area contributed by atoms with Crippen LogP contribution in [-0.4, -0.2) is 70.0 Å². The maximum Gasteiger partial charge on any atom is 0.490 e. The lowest BCUT2D eigenvalue weighted by atomic mass is 9.94. The van der Waals surface area contributed by atoms with Gasteiger partial charge in [0, 0.05) is 25.0 Å². The average molecular weight is 624 g/mol. The number of aliphatic carboxylic acids is 2. The number of fused-ring (bicyclic) bond motifs is 1. The van der Waals surface area contributed by atoms with Crippen molar-refractivity contribution in [3.05, 3.63) is 83.8 Å². The molecule has 3 heterocycles. The van der Waals surface area contributed by atoms with Gasteiger partial charge < -0.3 is 14.9 Å². The molecule has 0 aliphatic carbocycles. The molecular formula is C25H23F6N3O7S. The van der Waals surface area contributed by atoms with Crippen molar-refractivity contribution < 1.29 is 59.3 Å². The number of carboxylic acids is 2. The molecule has 1 aliphatic rings. The van der Waals surface area contributed by atoms with Crippen LogP contribution < -0.4 is 4.74 Å². The number of ether oxygens (including phenoxy) is 1. The van der Waals surface area contributed by atoms with E-state index in [1.54, 1.807) is 41.1 Å². The monoisotopic (exact) mass is 623 g/mol. The summed E-state index contributed by atoms with van der Waals surface area (Å²) in [5.74, 6) is -4.53. The summed E-state index contributed by atoms with van der Waals surface area (Å²) in [4.78, 5) is 26.1. The zero-order chi connectivity index (χ0) is 31.7. The van der Waals surface area contributed by atoms with Crippen LogP contribution >= 0.6 is 0 Å². The van der Waals surface area contributed by atoms with Crippen molar-refractivity contribution in [1.82, 2.24) is 14.3 Å². The molecule has 1 unspecified atom stereocenters. The van der Waals surface area contributed by atoms with Crippen molar-refractivity contribution in [1.29, 1.82) is 0 Å². The fraction of sp³-hybridized carbons (Fsp3) is 0.280. The van der Waals surface area contributed by atoms with Crippen LogP contribution in [0.1, 0.15) is 29.2 Å². The summed E-state index contributed by atoms with van der Waals surface area (Å²) >= 11 is 0. The van der Waals surface area contributed by atoms with Crippen molar-refractivity contribution in [3.8, 4) is 11.6 Å². The Morgan fingerprint density at radius 2 is 1.55 bits per heavy atom. The molecule has 1 aliphatic heterocycles. The van der Waals surface area contributed by atoms with Gasteiger partial charge in [-0.05, 0) is 47.7 Å². The number of rotatable bonds is 4. The number of carboxylic acid groups (broad SMARTS) is 2. The number of carbonyl (C=O) groups is 2. The summed E-state index contributed by atoms with van der Waals surface area (Å²) < 4.78 is 96.0. The zero-order valence-electron chi connectivity index (χ0n) is 21.5. The number of sulfonamides is 1. The smallest absolute Gasteiger partial charge is 0.475 e. The molecule has 0 saturated heterocycles. The number of alkyl halides is 6. The number of pyridine rings is 2. The van der Waals surface area contributed by atoms with E-state index < -0.39 is 40.4 Å². The van der Waals surface area contributed by atoms with Crippen molar-refractivity contribution in [2.75, 3.05) is 12.8 Å². The fourth-order valence-electron chi connectivity index (χ4n) is 3.62. The Morgan fingerprint density at radius 3 is 2.07 bits per heavy atom. The van der Waals surface area contributed by atoms with Crippen LogP contribution in [0, 0.1) is 0 Å². The molecule has 0 bridgehead atoms. The van der Waals surface area contributed by atoms with E-state index in [-0.39, 0.29) is 0 Å². The van der Waals surface area contributed by atoms with Gasteiger partial charge in [-0.15, -0.1) is 0 Å². The van der Waals surface area contributed by atoms with E-state index in [2.05, 4.69) is 16.0 Å². The molecule has 10 nitrogen and oxygen atoms in total. The SMILES string of the molecule is CS(=O)(=O)N1CCCc2ccccc2C1c1ccnc(Oc2cccnc2)c1.O=C(O)C(F)(F)F.O=C(O)C(F)(F)F. The van der Waals surface area contributed by atoms with Crippen molar-refractivity contribution in [2.24, 2.45) is 0 Å². The molecular weight excluding hydrogens is 600 g/mol. The molecule has 2 aromatic heterocycles. The van der Waals surface area contributed by atoms with Crippen LogP contribution in [0.5, 0.6) is 11.6 Å². The van der Waals surface area contributed by atoms with Gasteiger partial charge in [0.2, 0.25) is 15.9 Å². The van der Waals surface area contributed by atoms with Crippen LogP contribution in [0.2, 0.25) is 0 Å². The molecule has 3 aromatic rings. The molecule has 228 valence electrons. The van der Waals surface area contributed by atoms with Gasteiger partial charge in [-0.25, -0.2) is 23.0 Å². The highest BCUT2D eigenvalue weighted by molar-refractivity contribution is 7.88. The first-order valence-electron chi connectivity index (χ1n) is 11.6. The molecule has 0 amide bonds. The highest BCUT2D eigenvalue weighted by Gasteiger charge is 2.39. The quantitative estimate of drug-likeness (QED) is 0.390. The number of aryl methyl sites for hydroxylation is 1. The van der Waals surface area contributed by atoms with E-state index in [1.807, 2.05) is 24.3 Å². The molecule has 42 heavy (non-hydrogen) atoms. The minimum absolute atomic E-state index is 0.403. The summed E-state index contributed by atoms with van der Waals surface area (Å²) in [5.41, 5.74) is 3.00. The molecule has 0 radical (unpaired) electrons. The topological polar surface area (TPSA) is 147 Å². The highest BCUT2D eigenvalue weighted by Crippen LogP contribution is 2.37. The highest BCUT2D eigenvalue weighted by atomic mass is 32.2. The van der Waals surface area contributed by atoms with E-state index in [0.717, 1.165) is 24.0 Å². The summed E-state index contributed by atoms with van der Waals surface area (Å²) in [6.07, 6.45) is -2.34. The number of hydrogen-bond donors (Lipinski definition) is 2. The van der Waals surface area contributed by atoms with Gasteiger partial charge in [0.1, 0.15) is 5.75 Å². The predicted molar refractivity (Wildman–Crippen MR) is 134 cm³/mol. The third-order valence-corrected chi connectivity index (χ3v) is 6.55.